The Morgan fingerprint density at radius 1 is 1.00 bits per heavy atom. The fourth-order valence-corrected chi connectivity index (χ4v) is 3.39. The molecule has 3 rings (SSSR count). The highest BCUT2D eigenvalue weighted by atomic mass is 16.5. The average molecular weight is 341 g/mol. The topological polar surface area (TPSA) is 48.0 Å². The number of benzene rings is 2. The van der Waals surface area contributed by atoms with Crippen molar-refractivity contribution >= 4 is 11.6 Å². The van der Waals surface area contributed by atoms with Gasteiger partial charge in [-0.25, -0.2) is 0 Å². The van der Waals surface area contributed by atoms with Crippen molar-refractivity contribution in [3.63, 3.8) is 0 Å². The second-order valence-corrected chi connectivity index (χ2v) is 6.05. The lowest BCUT2D eigenvalue weighted by atomic mass is 9.97. The molecular weight excluding hydrogens is 318 g/mol. The number of rotatable bonds is 4. The van der Waals surface area contributed by atoms with Crippen molar-refractivity contribution < 1.29 is 19.0 Å². The van der Waals surface area contributed by atoms with Gasteiger partial charge in [0.05, 0.1) is 32.6 Å². The molecule has 1 aliphatic rings. The van der Waals surface area contributed by atoms with E-state index in [-0.39, 0.29) is 5.91 Å². The Labute approximate surface area is 148 Å². The third-order valence-corrected chi connectivity index (χ3v) is 4.60. The summed E-state index contributed by atoms with van der Waals surface area (Å²) < 4.78 is 16.1. The lowest BCUT2D eigenvalue weighted by Gasteiger charge is -2.31. The Morgan fingerprint density at radius 3 is 2.36 bits per heavy atom. The molecule has 0 saturated carbocycles. The number of amides is 1. The highest BCUT2D eigenvalue weighted by Gasteiger charge is 2.28. The molecule has 25 heavy (non-hydrogen) atoms. The molecule has 5 nitrogen and oxygen atoms in total. The lowest BCUT2D eigenvalue weighted by Crippen LogP contribution is -2.36. The van der Waals surface area contributed by atoms with Crippen molar-refractivity contribution in [2.45, 2.75) is 19.8 Å². The molecule has 5 heteroatoms. The molecule has 1 aliphatic heterocycles. The van der Waals surface area contributed by atoms with E-state index < -0.39 is 0 Å². The maximum atomic E-state index is 13.3. The molecular formula is C20H23NO4. The molecule has 2 aromatic rings. The van der Waals surface area contributed by atoms with Crippen molar-refractivity contribution in [1.82, 2.24) is 0 Å². The second kappa shape index (κ2) is 7.05. The van der Waals surface area contributed by atoms with E-state index in [1.807, 2.05) is 24.0 Å². The van der Waals surface area contributed by atoms with Gasteiger partial charge in [-0.05, 0) is 30.9 Å². The first kappa shape index (κ1) is 17.1. The van der Waals surface area contributed by atoms with Crippen LogP contribution in [-0.4, -0.2) is 33.8 Å². The van der Waals surface area contributed by atoms with Gasteiger partial charge in [-0.1, -0.05) is 18.2 Å². The largest absolute Gasteiger partial charge is 0.496 e. The molecule has 0 radical (unpaired) electrons. The summed E-state index contributed by atoms with van der Waals surface area (Å²) in [7, 11) is 4.66. The van der Waals surface area contributed by atoms with Crippen LogP contribution in [0.5, 0.6) is 17.2 Å². The number of para-hydroxylation sites is 1. The van der Waals surface area contributed by atoms with E-state index in [4.69, 9.17) is 14.2 Å². The molecule has 0 saturated heterocycles. The minimum absolute atomic E-state index is 0.0898. The van der Waals surface area contributed by atoms with Crippen LogP contribution in [0.2, 0.25) is 0 Å². The van der Waals surface area contributed by atoms with Crippen LogP contribution >= 0.6 is 0 Å². The fourth-order valence-electron chi connectivity index (χ4n) is 3.39. The van der Waals surface area contributed by atoms with Crippen molar-refractivity contribution in [1.29, 1.82) is 0 Å². The summed E-state index contributed by atoms with van der Waals surface area (Å²) in [5, 5.41) is 0. The van der Waals surface area contributed by atoms with E-state index >= 15 is 0 Å². The fraction of sp³-hybridized carbons (Fsp3) is 0.350. The first-order valence-corrected chi connectivity index (χ1v) is 8.31. The molecule has 0 aliphatic carbocycles. The number of anilines is 1. The summed E-state index contributed by atoms with van der Waals surface area (Å²) in [5.41, 5.74) is 3.79. The van der Waals surface area contributed by atoms with Crippen LogP contribution in [0.15, 0.2) is 30.3 Å². The van der Waals surface area contributed by atoms with Crippen LogP contribution in [-0.2, 0) is 6.42 Å². The van der Waals surface area contributed by atoms with Crippen LogP contribution < -0.4 is 19.1 Å². The Morgan fingerprint density at radius 2 is 1.68 bits per heavy atom. The molecule has 0 N–H and O–H groups in total. The smallest absolute Gasteiger partial charge is 0.262 e. The van der Waals surface area contributed by atoms with Gasteiger partial charge in [0.15, 0.2) is 11.5 Å². The molecule has 2 aromatic carbocycles. The minimum Gasteiger partial charge on any atom is -0.496 e. The zero-order valence-corrected chi connectivity index (χ0v) is 15.1. The van der Waals surface area contributed by atoms with Crippen molar-refractivity contribution in [3.8, 4) is 17.2 Å². The summed E-state index contributed by atoms with van der Waals surface area (Å²) in [4.78, 5) is 15.2. The first-order chi connectivity index (χ1) is 12.1. The average Bonchev–Trinajstić information content (AvgIpc) is 2.66. The molecule has 1 amide bonds. The molecule has 0 atom stereocenters. The normalized spacial score (nSPS) is 13.2. The minimum atomic E-state index is -0.0898. The first-order valence-electron chi connectivity index (χ1n) is 8.31. The highest BCUT2D eigenvalue weighted by Crippen LogP contribution is 2.37. The molecule has 0 bridgehead atoms. The zero-order valence-electron chi connectivity index (χ0n) is 15.1. The van der Waals surface area contributed by atoms with E-state index in [1.54, 1.807) is 33.5 Å². The Hall–Kier alpha value is -2.69. The number of fused-ring (bicyclic) bond motifs is 1. The predicted octanol–water partition coefficient (Wildman–Crippen LogP) is 3.61. The molecule has 0 fully saturated rings. The lowest BCUT2D eigenvalue weighted by molar-refractivity contribution is 0.0981. The van der Waals surface area contributed by atoms with Crippen LogP contribution in [0, 0.1) is 6.92 Å². The monoisotopic (exact) mass is 341 g/mol. The number of hydrogen-bond donors (Lipinski definition) is 0. The molecule has 0 spiro atoms. The van der Waals surface area contributed by atoms with Crippen LogP contribution in [0.3, 0.4) is 0 Å². The predicted molar refractivity (Wildman–Crippen MR) is 97.3 cm³/mol. The zero-order chi connectivity index (χ0) is 18.0. The van der Waals surface area contributed by atoms with E-state index in [0.717, 1.165) is 24.1 Å². The van der Waals surface area contributed by atoms with Crippen molar-refractivity contribution in [2.75, 3.05) is 32.8 Å². The van der Waals surface area contributed by atoms with Gasteiger partial charge < -0.3 is 19.1 Å². The third kappa shape index (κ3) is 3.02. The SMILES string of the molecule is COc1cc(OC)c(C(=O)N2CCCc3cccc(C)c32)cc1OC. The van der Waals surface area contributed by atoms with Gasteiger partial charge >= 0.3 is 0 Å². The Balaban J connectivity index is 2.08. The molecule has 0 aromatic heterocycles. The number of nitrogens with zero attached hydrogens (tertiary/aromatic N) is 1. The number of ether oxygens (including phenoxy) is 3. The second-order valence-electron chi connectivity index (χ2n) is 6.05. The van der Waals surface area contributed by atoms with E-state index in [2.05, 4.69) is 6.07 Å². The maximum absolute atomic E-state index is 13.3. The van der Waals surface area contributed by atoms with Crippen molar-refractivity contribution in [2.24, 2.45) is 0 Å². The summed E-state index contributed by atoms with van der Waals surface area (Å²) in [6, 6.07) is 9.55. The van der Waals surface area contributed by atoms with Gasteiger partial charge in [-0.2, -0.15) is 0 Å². The molecule has 132 valence electrons. The van der Waals surface area contributed by atoms with Gasteiger partial charge in [-0.15, -0.1) is 0 Å². The van der Waals surface area contributed by atoms with Gasteiger partial charge in [0, 0.05) is 18.7 Å². The van der Waals surface area contributed by atoms with Crippen LogP contribution in [0.4, 0.5) is 5.69 Å². The summed E-state index contributed by atoms with van der Waals surface area (Å²) in [6.45, 7) is 2.73. The summed E-state index contributed by atoms with van der Waals surface area (Å²) in [6.07, 6.45) is 1.93. The van der Waals surface area contributed by atoms with E-state index in [1.165, 1.54) is 5.56 Å². The summed E-state index contributed by atoms with van der Waals surface area (Å²) in [5.74, 6) is 1.43. The molecule has 0 unspecified atom stereocenters. The number of hydrogen-bond acceptors (Lipinski definition) is 4. The van der Waals surface area contributed by atoms with Gasteiger partial charge in [-0.3, -0.25) is 4.79 Å². The van der Waals surface area contributed by atoms with Gasteiger partial charge in [0.25, 0.3) is 5.91 Å². The Bertz CT molecular complexity index is 801. The van der Waals surface area contributed by atoms with Gasteiger partial charge in [0.1, 0.15) is 5.75 Å². The summed E-state index contributed by atoms with van der Waals surface area (Å²) >= 11 is 0. The number of aryl methyl sites for hydroxylation is 2. The number of carbonyl (C=O) groups excluding carboxylic acids is 1. The standard InChI is InChI=1S/C20H23NO4/c1-13-7-5-8-14-9-6-10-21(19(13)14)20(22)15-11-17(24-3)18(25-4)12-16(15)23-2/h5,7-8,11-12H,6,9-10H2,1-4H3. The number of methoxy groups -OCH3 is 3. The van der Waals surface area contributed by atoms with E-state index in [0.29, 0.717) is 29.4 Å². The highest BCUT2D eigenvalue weighted by molar-refractivity contribution is 6.09. The van der Waals surface area contributed by atoms with Crippen LogP contribution in [0.25, 0.3) is 0 Å². The van der Waals surface area contributed by atoms with Crippen LogP contribution in [0.1, 0.15) is 27.9 Å². The van der Waals surface area contributed by atoms with Gasteiger partial charge in [0.2, 0.25) is 0 Å². The maximum Gasteiger partial charge on any atom is 0.262 e. The quantitative estimate of drug-likeness (QED) is 0.852. The third-order valence-electron chi connectivity index (χ3n) is 4.60. The van der Waals surface area contributed by atoms with E-state index in [9.17, 15) is 4.79 Å². The molecule has 1 heterocycles. The van der Waals surface area contributed by atoms with Crippen molar-refractivity contribution in [3.05, 3.63) is 47.0 Å². The Kier molecular flexibility index (Phi) is 4.83. The number of carbonyl (C=O) groups is 1.